The third kappa shape index (κ3) is 2.48. The van der Waals surface area contributed by atoms with Gasteiger partial charge < -0.3 is 10.2 Å². The summed E-state index contributed by atoms with van der Waals surface area (Å²) in [5.74, 6) is 1.65. The summed E-state index contributed by atoms with van der Waals surface area (Å²) in [7, 11) is 4.07. The van der Waals surface area contributed by atoms with Crippen LogP contribution in [0.5, 0.6) is 0 Å². The molecule has 2 rings (SSSR count). The molecule has 0 bridgehead atoms. The summed E-state index contributed by atoms with van der Waals surface area (Å²) in [6.07, 6.45) is 2.52. The molecular weight excluding hydrogens is 186 g/mol. The number of rotatable bonds is 2. The molecule has 2 heterocycles. The first-order chi connectivity index (χ1) is 7.27. The molecule has 1 aliphatic heterocycles. The van der Waals surface area contributed by atoms with Gasteiger partial charge in [0, 0.05) is 32.3 Å². The Morgan fingerprint density at radius 2 is 2.27 bits per heavy atom. The fourth-order valence-corrected chi connectivity index (χ4v) is 2.02. The number of piperidine rings is 1. The molecule has 1 atom stereocenters. The average Bonchev–Trinajstić information content (AvgIpc) is 2.30. The first-order valence-electron chi connectivity index (χ1n) is 5.62. The Morgan fingerprint density at radius 1 is 1.40 bits per heavy atom. The lowest BCUT2D eigenvalue weighted by atomic mass is 9.96. The maximum absolute atomic E-state index is 4.68. The van der Waals surface area contributed by atoms with Crippen LogP contribution < -0.4 is 10.2 Å². The normalized spacial score (nSPS) is 21.3. The number of nitrogens with one attached hydrogen (secondary N) is 1. The van der Waals surface area contributed by atoms with Crippen LogP contribution in [0.1, 0.15) is 24.5 Å². The van der Waals surface area contributed by atoms with Crippen LogP contribution in [0.4, 0.5) is 5.82 Å². The van der Waals surface area contributed by atoms with Crippen LogP contribution in [-0.4, -0.2) is 32.2 Å². The van der Waals surface area contributed by atoms with Crippen molar-refractivity contribution in [2.45, 2.75) is 18.8 Å². The van der Waals surface area contributed by atoms with Crippen LogP contribution >= 0.6 is 0 Å². The molecule has 1 N–H and O–H groups in total. The third-order valence-corrected chi connectivity index (χ3v) is 2.93. The van der Waals surface area contributed by atoms with Gasteiger partial charge in [-0.2, -0.15) is 0 Å². The lowest BCUT2D eigenvalue weighted by Gasteiger charge is -2.23. The van der Waals surface area contributed by atoms with Gasteiger partial charge in [-0.3, -0.25) is 0 Å². The molecule has 0 saturated carbocycles. The van der Waals surface area contributed by atoms with E-state index in [1.54, 1.807) is 0 Å². The highest BCUT2D eigenvalue weighted by molar-refractivity contribution is 5.37. The Hall–Kier alpha value is -1.09. The van der Waals surface area contributed by atoms with Crippen molar-refractivity contribution in [1.82, 2.24) is 10.3 Å². The standard InChI is InChI=1S/C12H19N3/c1-15(2)12-7-3-6-11(14-12)10-5-4-8-13-9-10/h3,6-7,10,13H,4-5,8-9H2,1-2H3/t10-/m0/s1. The van der Waals surface area contributed by atoms with Crippen molar-refractivity contribution in [1.29, 1.82) is 0 Å². The van der Waals surface area contributed by atoms with E-state index in [1.807, 2.05) is 14.1 Å². The van der Waals surface area contributed by atoms with Gasteiger partial charge in [-0.15, -0.1) is 0 Å². The van der Waals surface area contributed by atoms with Gasteiger partial charge in [0.1, 0.15) is 5.82 Å². The van der Waals surface area contributed by atoms with E-state index >= 15 is 0 Å². The summed E-state index contributed by atoms with van der Waals surface area (Å²) in [6, 6.07) is 6.30. The van der Waals surface area contributed by atoms with Crippen molar-refractivity contribution < 1.29 is 0 Å². The van der Waals surface area contributed by atoms with Gasteiger partial charge in [0.15, 0.2) is 0 Å². The van der Waals surface area contributed by atoms with Crippen molar-refractivity contribution in [2.24, 2.45) is 0 Å². The summed E-state index contributed by atoms with van der Waals surface area (Å²) in [4.78, 5) is 6.74. The van der Waals surface area contributed by atoms with Gasteiger partial charge in [0.05, 0.1) is 0 Å². The molecule has 82 valence electrons. The maximum atomic E-state index is 4.68. The van der Waals surface area contributed by atoms with E-state index in [1.165, 1.54) is 18.5 Å². The molecule has 1 fully saturated rings. The van der Waals surface area contributed by atoms with E-state index < -0.39 is 0 Å². The Bertz CT molecular complexity index is 316. The SMILES string of the molecule is CN(C)c1cccc([C@H]2CCCNC2)n1. The van der Waals surface area contributed by atoms with Crippen molar-refractivity contribution >= 4 is 5.82 Å². The number of anilines is 1. The lowest BCUT2D eigenvalue weighted by molar-refractivity contribution is 0.455. The van der Waals surface area contributed by atoms with Crippen LogP contribution in [-0.2, 0) is 0 Å². The van der Waals surface area contributed by atoms with Crippen molar-refractivity contribution in [3.8, 4) is 0 Å². The van der Waals surface area contributed by atoms with E-state index in [9.17, 15) is 0 Å². The molecule has 1 saturated heterocycles. The zero-order valence-electron chi connectivity index (χ0n) is 9.53. The largest absolute Gasteiger partial charge is 0.363 e. The van der Waals surface area contributed by atoms with E-state index in [0.717, 1.165) is 18.9 Å². The smallest absolute Gasteiger partial charge is 0.128 e. The van der Waals surface area contributed by atoms with Gasteiger partial charge in [0.25, 0.3) is 0 Å². The molecule has 15 heavy (non-hydrogen) atoms. The summed E-state index contributed by atoms with van der Waals surface area (Å²) in [5.41, 5.74) is 1.23. The van der Waals surface area contributed by atoms with Gasteiger partial charge in [0.2, 0.25) is 0 Å². The zero-order chi connectivity index (χ0) is 10.7. The highest BCUT2D eigenvalue weighted by atomic mass is 15.1. The predicted molar refractivity (Wildman–Crippen MR) is 63.4 cm³/mol. The Morgan fingerprint density at radius 3 is 2.93 bits per heavy atom. The van der Waals surface area contributed by atoms with Crippen molar-refractivity contribution in [3.63, 3.8) is 0 Å². The van der Waals surface area contributed by atoms with Gasteiger partial charge in [-0.1, -0.05) is 6.07 Å². The number of hydrogen-bond donors (Lipinski definition) is 1. The zero-order valence-corrected chi connectivity index (χ0v) is 9.53. The predicted octanol–water partition coefficient (Wildman–Crippen LogP) is 1.61. The summed E-state index contributed by atoms with van der Waals surface area (Å²) < 4.78 is 0. The Kier molecular flexibility index (Phi) is 3.21. The minimum atomic E-state index is 0.596. The highest BCUT2D eigenvalue weighted by Gasteiger charge is 2.16. The molecular formula is C12H19N3. The van der Waals surface area contributed by atoms with Crippen LogP contribution in [0.15, 0.2) is 18.2 Å². The van der Waals surface area contributed by atoms with Crippen LogP contribution in [0, 0.1) is 0 Å². The summed E-state index contributed by atoms with van der Waals surface area (Å²) >= 11 is 0. The number of nitrogens with zero attached hydrogens (tertiary/aromatic N) is 2. The molecule has 0 spiro atoms. The molecule has 1 aliphatic rings. The fraction of sp³-hybridized carbons (Fsp3) is 0.583. The van der Waals surface area contributed by atoms with E-state index in [-0.39, 0.29) is 0 Å². The second-order valence-corrected chi connectivity index (χ2v) is 4.36. The Labute approximate surface area is 91.5 Å². The molecule has 1 aromatic heterocycles. The first kappa shape index (κ1) is 10.4. The van der Waals surface area contributed by atoms with E-state index in [4.69, 9.17) is 0 Å². The number of pyridine rings is 1. The van der Waals surface area contributed by atoms with E-state index in [2.05, 4.69) is 33.4 Å². The number of aromatic nitrogens is 1. The van der Waals surface area contributed by atoms with Gasteiger partial charge in [-0.05, 0) is 31.5 Å². The molecule has 0 amide bonds. The molecule has 0 radical (unpaired) electrons. The second kappa shape index (κ2) is 4.62. The molecule has 0 unspecified atom stereocenters. The van der Waals surface area contributed by atoms with Gasteiger partial charge >= 0.3 is 0 Å². The average molecular weight is 205 g/mol. The van der Waals surface area contributed by atoms with Crippen molar-refractivity contribution in [3.05, 3.63) is 23.9 Å². The number of hydrogen-bond acceptors (Lipinski definition) is 3. The van der Waals surface area contributed by atoms with Crippen LogP contribution in [0.2, 0.25) is 0 Å². The minimum Gasteiger partial charge on any atom is -0.363 e. The van der Waals surface area contributed by atoms with E-state index in [0.29, 0.717) is 5.92 Å². The molecule has 0 aliphatic carbocycles. The molecule has 3 heteroatoms. The highest BCUT2D eigenvalue weighted by Crippen LogP contribution is 2.22. The van der Waals surface area contributed by atoms with Gasteiger partial charge in [-0.25, -0.2) is 4.98 Å². The van der Waals surface area contributed by atoms with Crippen LogP contribution in [0.3, 0.4) is 0 Å². The van der Waals surface area contributed by atoms with Crippen LogP contribution in [0.25, 0.3) is 0 Å². The summed E-state index contributed by atoms with van der Waals surface area (Å²) in [6.45, 7) is 2.23. The topological polar surface area (TPSA) is 28.2 Å². The maximum Gasteiger partial charge on any atom is 0.128 e. The second-order valence-electron chi connectivity index (χ2n) is 4.36. The quantitative estimate of drug-likeness (QED) is 0.795. The lowest BCUT2D eigenvalue weighted by Crippen LogP contribution is -2.29. The molecule has 1 aromatic rings. The third-order valence-electron chi connectivity index (χ3n) is 2.93. The van der Waals surface area contributed by atoms with Crippen molar-refractivity contribution in [2.75, 3.05) is 32.1 Å². The minimum absolute atomic E-state index is 0.596. The Balaban J connectivity index is 2.16. The molecule has 0 aromatic carbocycles. The molecule has 3 nitrogen and oxygen atoms in total. The summed E-state index contributed by atoms with van der Waals surface area (Å²) in [5, 5.41) is 3.43. The fourth-order valence-electron chi connectivity index (χ4n) is 2.02. The first-order valence-corrected chi connectivity index (χ1v) is 5.62. The monoisotopic (exact) mass is 205 g/mol.